The lowest BCUT2D eigenvalue weighted by Crippen LogP contribution is -2.46. The van der Waals surface area contributed by atoms with Crippen LogP contribution in [0.5, 0.6) is 0 Å². The molecule has 2 aliphatic heterocycles. The van der Waals surface area contributed by atoms with Crippen LogP contribution in [0.15, 0.2) is 42.5 Å². The Labute approximate surface area is 154 Å². The smallest absolute Gasteiger partial charge is 0.123 e. The number of ether oxygens (including phenoxy) is 1. The minimum absolute atomic E-state index is 0.0303. The van der Waals surface area contributed by atoms with Crippen molar-refractivity contribution >= 4 is 0 Å². The number of nitrogens with zero attached hydrogens (tertiary/aromatic N) is 1. The van der Waals surface area contributed by atoms with Crippen molar-refractivity contribution < 1.29 is 9.13 Å². The molecule has 136 valence electrons. The van der Waals surface area contributed by atoms with Gasteiger partial charge in [0.25, 0.3) is 0 Å². The van der Waals surface area contributed by atoms with Gasteiger partial charge in [0.05, 0.1) is 12.2 Å². The summed E-state index contributed by atoms with van der Waals surface area (Å²) in [5.74, 6) is 0.157. The maximum absolute atomic E-state index is 14.0. The lowest BCUT2D eigenvalue weighted by molar-refractivity contribution is 0.0171. The lowest BCUT2D eigenvalue weighted by atomic mass is 9.87. The van der Waals surface area contributed by atoms with Crippen LogP contribution in [0.4, 0.5) is 4.39 Å². The molecule has 26 heavy (non-hydrogen) atoms. The third-order valence-corrected chi connectivity index (χ3v) is 6.14. The van der Waals surface area contributed by atoms with E-state index in [4.69, 9.17) is 4.74 Å². The van der Waals surface area contributed by atoms with Gasteiger partial charge in [-0.25, -0.2) is 4.39 Å². The number of fused-ring (bicyclic) bond motifs is 5. The zero-order chi connectivity index (χ0) is 17.5. The van der Waals surface area contributed by atoms with Crippen LogP contribution < -0.4 is 5.32 Å². The molecule has 2 fully saturated rings. The molecule has 2 saturated heterocycles. The van der Waals surface area contributed by atoms with Crippen molar-refractivity contribution in [1.82, 2.24) is 10.2 Å². The highest BCUT2D eigenvalue weighted by atomic mass is 19.1. The zero-order valence-electron chi connectivity index (χ0n) is 15.0. The normalized spacial score (nSPS) is 28.1. The van der Waals surface area contributed by atoms with E-state index in [1.54, 1.807) is 12.1 Å². The van der Waals surface area contributed by atoms with Gasteiger partial charge in [0.2, 0.25) is 0 Å². The minimum Gasteiger partial charge on any atom is -0.368 e. The van der Waals surface area contributed by atoms with Crippen LogP contribution in [0.1, 0.15) is 40.7 Å². The number of hydrogen-bond acceptors (Lipinski definition) is 3. The summed E-state index contributed by atoms with van der Waals surface area (Å²) in [6, 6.07) is 13.9. The van der Waals surface area contributed by atoms with Gasteiger partial charge in [-0.2, -0.15) is 0 Å². The predicted molar refractivity (Wildman–Crippen MR) is 99.9 cm³/mol. The quantitative estimate of drug-likeness (QED) is 0.898. The van der Waals surface area contributed by atoms with Crippen LogP contribution >= 0.6 is 0 Å². The third-order valence-electron chi connectivity index (χ3n) is 6.14. The Hall–Kier alpha value is -1.75. The zero-order valence-corrected chi connectivity index (χ0v) is 15.0. The molecule has 1 aliphatic carbocycles. The topological polar surface area (TPSA) is 24.5 Å². The third kappa shape index (κ3) is 2.96. The number of halogens is 1. The van der Waals surface area contributed by atoms with E-state index in [0.717, 1.165) is 51.1 Å². The summed E-state index contributed by atoms with van der Waals surface area (Å²) in [6.07, 6.45) is 2.06. The average Bonchev–Trinajstić information content (AvgIpc) is 3.03. The highest BCUT2D eigenvalue weighted by Gasteiger charge is 2.41. The first-order valence-electron chi connectivity index (χ1n) is 9.72. The average molecular weight is 352 g/mol. The number of hydrogen-bond donors (Lipinski definition) is 1. The Balaban J connectivity index is 1.48. The van der Waals surface area contributed by atoms with E-state index in [-0.39, 0.29) is 18.0 Å². The Morgan fingerprint density at radius 3 is 2.73 bits per heavy atom. The summed E-state index contributed by atoms with van der Waals surface area (Å²) < 4.78 is 20.6. The molecule has 3 aliphatic rings. The van der Waals surface area contributed by atoms with Gasteiger partial charge in [-0.15, -0.1) is 0 Å². The summed E-state index contributed by atoms with van der Waals surface area (Å²) in [4.78, 5) is 2.49. The SMILES string of the molecule is Fc1ccc2c(c1)C1OC(CN3CCNCC3)CC1c1ccccc1C2. The van der Waals surface area contributed by atoms with Gasteiger partial charge < -0.3 is 10.1 Å². The van der Waals surface area contributed by atoms with Gasteiger partial charge in [-0.05, 0) is 47.2 Å². The number of piperazine rings is 1. The molecule has 0 amide bonds. The Bertz CT molecular complexity index is 802. The van der Waals surface area contributed by atoms with Crippen molar-refractivity contribution in [2.45, 2.75) is 31.0 Å². The molecule has 3 nitrogen and oxygen atoms in total. The second-order valence-corrected chi connectivity index (χ2v) is 7.79. The molecule has 4 heteroatoms. The molecule has 2 heterocycles. The molecule has 2 aromatic carbocycles. The maximum atomic E-state index is 14.0. The first-order chi connectivity index (χ1) is 12.8. The van der Waals surface area contributed by atoms with E-state index in [0.29, 0.717) is 5.92 Å². The van der Waals surface area contributed by atoms with Crippen molar-refractivity contribution in [3.05, 3.63) is 70.5 Å². The van der Waals surface area contributed by atoms with E-state index in [2.05, 4.69) is 34.5 Å². The standard InChI is InChI=1S/C22H25FN2O/c23-17-6-5-16-11-15-3-1-2-4-19(15)21-13-18(26-22(21)20(16)12-17)14-25-9-7-24-8-10-25/h1-6,12,18,21-22,24H,7-11,13-14H2. The van der Waals surface area contributed by atoms with Gasteiger partial charge in [0, 0.05) is 38.6 Å². The van der Waals surface area contributed by atoms with Gasteiger partial charge in [0.15, 0.2) is 0 Å². The summed E-state index contributed by atoms with van der Waals surface area (Å²) in [6.45, 7) is 5.24. The fraction of sp³-hybridized carbons (Fsp3) is 0.455. The highest BCUT2D eigenvalue weighted by molar-refractivity contribution is 5.45. The van der Waals surface area contributed by atoms with Crippen molar-refractivity contribution in [2.75, 3.05) is 32.7 Å². The van der Waals surface area contributed by atoms with Gasteiger partial charge in [-0.1, -0.05) is 30.3 Å². The molecular weight excluding hydrogens is 327 g/mol. The van der Waals surface area contributed by atoms with Crippen LogP contribution in [0.25, 0.3) is 0 Å². The van der Waals surface area contributed by atoms with Gasteiger partial charge >= 0.3 is 0 Å². The second-order valence-electron chi connectivity index (χ2n) is 7.79. The largest absolute Gasteiger partial charge is 0.368 e. The highest BCUT2D eigenvalue weighted by Crippen LogP contribution is 2.49. The molecule has 5 rings (SSSR count). The van der Waals surface area contributed by atoms with E-state index in [1.165, 1.54) is 16.7 Å². The van der Waals surface area contributed by atoms with Crippen LogP contribution in [0, 0.1) is 5.82 Å². The van der Waals surface area contributed by atoms with E-state index in [9.17, 15) is 4.39 Å². The Kier molecular flexibility index (Phi) is 4.27. The molecule has 0 aromatic heterocycles. The Morgan fingerprint density at radius 1 is 1.04 bits per heavy atom. The molecule has 0 spiro atoms. The van der Waals surface area contributed by atoms with E-state index in [1.807, 2.05) is 6.07 Å². The van der Waals surface area contributed by atoms with Gasteiger partial charge in [-0.3, -0.25) is 4.90 Å². The van der Waals surface area contributed by atoms with Crippen LogP contribution in [-0.4, -0.2) is 43.7 Å². The lowest BCUT2D eigenvalue weighted by Gasteiger charge is -2.29. The molecule has 0 bridgehead atoms. The van der Waals surface area contributed by atoms with E-state index < -0.39 is 0 Å². The first kappa shape index (κ1) is 16.4. The fourth-order valence-corrected chi connectivity index (χ4v) is 4.90. The van der Waals surface area contributed by atoms with Crippen LogP contribution in [-0.2, 0) is 11.2 Å². The van der Waals surface area contributed by atoms with Crippen molar-refractivity contribution in [3.63, 3.8) is 0 Å². The number of nitrogens with one attached hydrogen (secondary N) is 1. The number of rotatable bonds is 2. The molecule has 0 saturated carbocycles. The fourth-order valence-electron chi connectivity index (χ4n) is 4.90. The minimum atomic E-state index is -0.164. The molecule has 1 N–H and O–H groups in total. The number of benzene rings is 2. The molecule has 3 unspecified atom stereocenters. The molecule has 0 radical (unpaired) electrons. The summed E-state index contributed by atoms with van der Waals surface area (Å²) in [5, 5.41) is 3.41. The predicted octanol–water partition coefficient (Wildman–Crippen LogP) is 3.25. The van der Waals surface area contributed by atoms with Crippen molar-refractivity contribution in [3.8, 4) is 0 Å². The van der Waals surface area contributed by atoms with Crippen LogP contribution in [0.3, 0.4) is 0 Å². The second kappa shape index (κ2) is 6.76. The molecule has 3 atom stereocenters. The first-order valence-corrected chi connectivity index (χ1v) is 9.72. The molecule has 2 aromatic rings. The van der Waals surface area contributed by atoms with Crippen LogP contribution in [0.2, 0.25) is 0 Å². The monoisotopic (exact) mass is 352 g/mol. The maximum Gasteiger partial charge on any atom is 0.123 e. The summed E-state index contributed by atoms with van der Waals surface area (Å²) >= 11 is 0. The van der Waals surface area contributed by atoms with E-state index >= 15 is 0 Å². The summed E-state index contributed by atoms with van der Waals surface area (Å²) in [5.41, 5.74) is 5.00. The Morgan fingerprint density at radius 2 is 1.85 bits per heavy atom. The van der Waals surface area contributed by atoms with Crippen molar-refractivity contribution in [1.29, 1.82) is 0 Å². The molecular formula is C22H25FN2O. The van der Waals surface area contributed by atoms with Gasteiger partial charge in [0.1, 0.15) is 5.82 Å². The van der Waals surface area contributed by atoms with Crippen molar-refractivity contribution in [2.24, 2.45) is 0 Å². The summed E-state index contributed by atoms with van der Waals surface area (Å²) in [7, 11) is 0.